The number of unbranched alkanes of at least 4 members (excludes halogenated alkanes) is 3. The Morgan fingerprint density at radius 3 is 1.27 bits per heavy atom. The van der Waals surface area contributed by atoms with Crippen LogP contribution in [0.25, 0.3) is 0 Å². The molecular weight excluding hydrogens is 388 g/mol. The number of amides is 2. The second-order valence-electron chi connectivity index (χ2n) is 6.41. The van der Waals surface area contributed by atoms with Crippen LogP contribution in [0.1, 0.15) is 59.2 Å². The minimum atomic E-state index is -0.784. The van der Waals surface area contributed by atoms with Crippen LogP contribution in [-0.2, 0) is 9.59 Å². The number of benzene rings is 2. The van der Waals surface area contributed by atoms with Crippen molar-refractivity contribution in [2.45, 2.75) is 38.5 Å². The average Bonchev–Trinajstić information content (AvgIpc) is 2.76. The lowest BCUT2D eigenvalue weighted by molar-refractivity contribution is -0.138. The van der Waals surface area contributed by atoms with Gasteiger partial charge in [0.15, 0.2) is 0 Å². The summed E-state index contributed by atoms with van der Waals surface area (Å²) in [5.41, 5.74) is 0.758. The molecule has 0 radical (unpaired) electrons. The second kappa shape index (κ2) is 13.6. The molecule has 2 amide bonds. The maximum absolute atomic E-state index is 11.9. The number of hydrogen-bond acceptors (Lipinski definition) is 5. The van der Waals surface area contributed by atoms with Crippen LogP contribution in [0.5, 0.6) is 0 Å². The van der Waals surface area contributed by atoms with E-state index in [9.17, 15) is 19.2 Å². The van der Waals surface area contributed by atoms with Gasteiger partial charge < -0.3 is 10.2 Å². The van der Waals surface area contributed by atoms with E-state index in [2.05, 4.69) is 0 Å². The predicted molar refractivity (Wildman–Crippen MR) is 111 cm³/mol. The Morgan fingerprint density at radius 1 is 0.633 bits per heavy atom. The fourth-order valence-electron chi connectivity index (χ4n) is 2.44. The van der Waals surface area contributed by atoms with E-state index < -0.39 is 23.8 Å². The van der Waals surface area contributed by atoms with Crippen molar-refractivity contribution in [3.05, 3.63) is 71.8 Å². The van der Waals surface area contributed by atoms with Crippen LogP contribution in [0, 0.1) is 0 Å². The molecule has 0 aliphatic rings. The molecule has 0 spiro atoms. The zero-order valence-corrected chi connectivity index (χ0v) is 16.6. The summed E-state index contributed by atoms with van der Waals surface area (Å²) in [7, 11) is 0. The smallest absolute Gasteiger partial charge is 0.303 e. The van der Waals surface area contributed by atoms with Gasteiger partial charge in [0.05, 0.1) is 0 Å². The molecule has 0 aliphatic carbocycles. The molecule has 160 valence electrons. The SMILES string of the molecule is NN(C(=O)c1ccccc1)C(=O)c1ccccc1.O=C(O)CCCCCCC(=O)O. The van der Waals surface area contributed by atoms with Crippen molar-refractivity contribution in [1.29, 1.82) is 0 Å². The highest BCUT2D eigenvalue weighted by atomic mass is 16.4. The minimum Gasteiger partial charge on any atom is -0.481 e. The van der Waals surface area contributed by atoms with Gasteiger partial charge in [-0.25, -0.2) is 10.9 Å². The zero-order chi connectivity index (χ0) is 22.4. The third kappa shape index (κ3) is 9.61. The highest BCUT2D eigenvalue weighted by molar-refractivity contribution is 6.09. The Labute approximate surface area is 174 Å². The quantitative estimate of drug-likeness (QED) is 0.188. The van der Waals surface area contributed by atoms with Crippen molar-refractivity contribution < 1.29 is 29.4 Å². The first-order valence-electron chi connectivity index (χ1n) is 9.50. The molecule has 0 fully saturated rings. The maximum Gasteiger partial charge on any atom is 0.303 e. The maximum atomic E-state index is 11.9. The lowest BCUT2D eigenvalue weighted by atomic mass is 10.1. The van der Waals surface area contributed by atoms with E-state index >= 15 is 0 Å². The van der Waals surface area contributed by atoms with Gasteiger partial charge in [-0.2, -0.15) is 0 Å². The molecule has 0 heterocycles. The summed E-state index contributed by atoms with van der Waals surface area (Å²) < 4.78 is 0. The largest absolute Gasteiger partial charge is 0.481 e. The number of aliphatic carboxylic acids is 2. The molecule has 4 N–H and O–H groups in total. The summed E-state index contributed by atoms with van der Waals surface area (Å²) in [5.74, 6) is 2.94. The number of nitrogens with two attached hydrogens (primary N) is 1. The highest BCUT2D eigenvalue weighted by Gasteiger charge is 2.20. The van der Waals surface area contributed by atoms with Gasteiger partial charge in [-0.15, -0.1) is 0 Å². The van der Waals surface area contributed by atoms with Crippen LogP contribution >= 0.6 is 0 Å². The van der Waals surface area contributed by atoms with Gasteiger partial charge in [-0.3, -0.25) is 19.2 Å². The van der Waals surface area contributed by atoms with Crippen molar-refractivity contribution in [2.24, 2.45) is 5.84 Å². The molecular formula is C22H26N2O6. The van der Waals surface area contributed by atoms with E-state index in [1.54, 1.807) is 60.7 Å². The molecule has 2 rings (SSSR count). The molecule has 2 aromatic carbocycles. The topological polar surface area (TPSA) is 138 Å². The number of hydrazine groups is 1. The minimum absolute atomic E-state index is 0.188. The summed E-state index contributed by atoms with van der Waals surface area (Å²) >= 11 is 0. The molecule has 0 aromatic heterocycles. The number of carbonyl (C=O) groups excluding carboxylic acids is 2. The van der Waals surface area contributed by atoms with Crippen LogP contribution in [-0.4, -0.2) is 39.0 Å². The van der Waals surface area contributed by atoms with Crippen molar-refractivity contribution in [3.63, 3.8) is 0 Å². The van der Waals surface area contributed by atoms with E-state index in [-0.39, 0.29) is 12.8 Å². The van der Waals surface area contributed by atoms with Crippen LogP contribution < -0.4 is 5.84 Å². The first-order valence-corrected chi connectivity index (χ1v) is 9.50. The van der Waals surface area contributed by atoms with Crippen molar-refractivity contribution in [1.82, 2.24) is 5.01 Å². The number of carboxylic acids is 2. The molecule has 2 aromatic rings. The molecule has 30 heavy (non-hydrogen) atoms. The molecule has 0 unspecified atom stereocenters. The summed E-state index contributed by atoms with van der Waals surface area (Å²) in [6, 6.07) is 16.9. The first kappa shape index (κ1) is 24.5. The van der Waals surface area contributed by atoms with Crippen molar-refractivity contribution in [2.75, 3.05) is 0 Å². The lowest BCUT2D eigenvalue weighted by Crippen LogP contribution is -2.42. The van der Waals surface area contributed by atoms with Gasteiger partial charge >= 0.3 is 11.9 Å². The molecule has 0 aliphatic heterocycles. The molecule has 0 saturated heterocycles. The number of hydrogen-bond donors (Lipinski definition) is 3. The van der Waals surface area contributed by atoms with E-state index in [4.69, 9.17) is 16.1 Å². The van der Waals surface area contributed by atoms with E-state index in [0.29, 0.717) is 29.0 Å². The second-order valence-corrected chi connectivity index (χ2v) is 6.41. The summed E-state index contributed by atoms with van der Waals surface area (Å²) in [6.45, 7) is 0. The zero-order valence-electron chi connectivity index (χ0n) is 16.6. The van der Waals surface area contributed by atoms with Gasteiger partial charge in [0.25, 0.3) is 11.8 Å². The van der Waals surface area contributed by atoms with Crippen molar-refractivity contribution in [3.8, 4) is 0 Å². The fraction of sp³-hybridized carbons (Fsp3) is 0.273. The first-order chi connectivity index (χ1) is 14.3. The van der Waals surface area contributed by atoms with Crippen LogP contribution in [0.15, 0.2) is 60.7 Å². The van der Waals surface area contributed by atoms with Crippen LogP contribution in [0.2, 0.25) is 0 Å². The third-order valence-electron chi connectivity index (χ3n) is 4.01. The lowest BCUT2D eigenvalue weighted by Gasteiger charge is -2.14. The third-order valence-corrected chi connectivity index (χ3v) is 4.01. The Morgan fingerprint density at radius 2 is 0.967 bits per heavy atom. The Bertz CT molecular complexity index is 755. The van der Waals surface area contributed by atoms with Gasteiger partial charge in [0.1, 0.15) is 0 Å². The normalized spacial score (nSPS) is 9.77. The Kier molecular flexibility index (Phi) is 11.1. The van der Waals surface area contributed by atoms with Gasteiger partial charge in [0, 0.05) is 24.0 Å². The number of carboxylic acid groups (broad SMARTS) is 2. The molecule has 0 saturated carbocycles. The number of rotatable bonds is 9. The molecule has 0 atom stereocenters. The van der Waals surface area contributed by atoms with E-state index in [0.717, 1.165) is 12.8 Å². The van der Waals surface area contributed by atoms with Crippen molar-refractivity contribution >= 4 is 23.8 Å². The number of nitrogens with zero attached hydrogens (tertiary/aromatic N) is 1. The summed E-state index contributed by atoms with van der Waals surface area (Å²) in [6.07, 6.45) is 3.28. The Balaban J connectivity index is 0.000000329. The van der Waals surface area contributed by atoms with E-state index in [1.807, 2.05) is 0 Å². The standard InChI is InChI=1S/C14H12N2O2.C8H14O4/c15-16(13(17)11-7-3-1-4-8-11)14(18)12-9-5-2-6-10-12;9-7(10)5-3-1-2-4-6-8(11)12/h1-10H,15H2;1-6H2,(H,9,10)(H,11,12). The molecule has 0 bridgehead atoms. The summed E-state index contributed by atoms with van der Waals surface area (Å²) in [4.78, 5) is 44.0. The number of imide groups is 1. The van der Waals surface area contributed by atoms with Crippen LogP contribution in [0.4, 0.5) is 0 Å². The average molecular weight is 414 g/mol. The molecule has 8 heteroatoms. The highest BCUT2D eigenvalue weighted by Crippen LogP contribution is 2.07. The van der Waals surface area contributed by atoms with Gasteiger partial charge in [-0.05, 0) is 37.1 Å². The van der Waals surface area contributed by atoms with Crippen LogP contribution in [0.3, 0.4) is 0 Å². The number of carbonyl (C=O) groups is 4. The monoisotopic (exact) mass is 414 g/mol. The fourth-order valence-corrected chi connectivity index (χ4v) is 2.44. The van der Waals surface area contributed by atoms with Gasteiger partial charge in [-0.1, -0.05) is 49.2 Å². The molecule has 8 nitrogen and oxygen atoms in total. The van der Waals surface area contributed by atoms with Gasteiger partial charge in [0.2, 0.25) is 0 Å². The van der Waals surface area contributed by atoms with E-state index in [1.165, 1.54) is 0 Å². The summed E-state index contributed by atoms with van der Waals surface area (Å²) in [5, 5.41) is 17.2. The predicted octanol–water partition coefficient (Wildman–Crippen LogP) is 3.34. The Hall–Kier alpha value is -3.52.